The van der Waals surface area contributed by atoms with Crippen molar-refractivity contribution in [2.24, 2.45) is 5.92 Å². The number of carbonyl (C=O) groups is 2. The molecule has 3 fully saturated rings. The van der Waals surface area contributed by atoms with E-state index in [0.29, 0.717) is 13.1 Å². The zero-order valence-electron chi connectivity index (χ0n) is 14.5. The molecule has 2 heterocycles. The Labute approximate surface area is 143 Å². The van der Waals surface area contributed by atoms with Crippen molar-refractivity contribution in [1.29, 1.82) is 0 Å². The van der Waals surface area contributed by atoms with Gasteiger partial charge in [-0.3, -0.25) is 4.79 Å². The average Bonchev–Trinajstić information content (AvgIpc) is 2.67. The molecular weight excluding hydrogens is 332 g/mol. The van der Waals surface area contributed by atoms with Gasteiger partial charge >= 0.3 is 6.09 Å². The number of sulfone groups is 1. The van der Waals surface area contributed by atoms with E-state index in [-0.39, 0.29) is 23.3 Å². The molecule has 136 valence electrons. The Balaban J connectivity index is 1.79. The predicted molar refractivity (Wildman–Crippen MR) is 88.2 cm³/mol. The summed E-state index contributed by atoms with van der Waals surface area (Å²) in [7, 11) is -3.26. The number of nitrogens with zero attached hydrogens (tertiary/aromatic N) is 2. The van der Waals surface area contributed by atoms with E-state index in [0.717, 1.165) is 19.3 Å². The predicted octanol–water partition coefficient (Wildman–Crippen LogP) is 1.03. The first-order valence-corrected chi connectivity index (χ1v) is 10.4. The Morgan fingerprint density at radius 2 is 1.54 bits per heavy atom. The Morgan fingerprint density at radius 3 is 2.04 bits per heavy atom. The Morgan fingerprint density at radius 1 is 1.00 bits per heavy atom. The fraction of sp³-hybridized carbons (Fsp3) is 0.875. The van der Waals surface area contributed by atoms with Crippen molar-refractivity contribution in [2.75, 3.05) is 24.6 Å². The van der Waals surface area contributed by atoms with Gasteiger partial charge in [0, 0.05) is 19.0 Å². The minimum atomic E-state index is -3.26. The monoisotopic (exact) mass is 358 g/mol. The van der Waals surface area contributed by atoms with Crippen LogP contribution < -0.4 is 0 Å². The smallest absolute Gasteiger partial charge is 0.410 e. The summed E-state index contributed by atoms with van der Waals surface area (Å²) in [6.45, 7) is 6.05. The molecule has 0 bridgehead atoms. The fourth-order valence-electron chi connectivity index (χ4n) is 3.66. The van der Waals surface area contributed by atoms with Crippen LogP contribution in [0.1, 0.15) is 40.0 Å². The highest BCUT2D eigenvalue weighted by atomic mass is 32.2. The number of amides is 2. The van der Waals surface area contributed by atoms with Crippen LogP contribution in [0.5, 0.6) is 0 Å². The van der Waals surface area contributed by atoms with Crippen LogP contribution in [0.2, 0.25) is 0 Å². The zero-order chi connectivity index (χ0) is 17.7. The fourth-order valence-corrected chi connectivity index (χ4v) is 5.64. The first-order valence-electron chi connectivity index (χ1n) is 8.58. The molecule has 0 radical (unpaired) electrons. The minimum Gasteiger partial charge on any atom is -0.444 e. The molecule has 1 saturated carbocycles. The third kappa shape index (κ3) is 3.38. The number of fused-ring (bicyclic) bond motifs is 1. The molecule has 3 rings (SSSR count). The summed E-state index contributed by atoms with van der Waals surface area (Å²) in [6, 6.07) is -0.938. The summed E-state index contributed by atoms with van der Waals surface area (Å²) in [5.74, 6) is -0.0694. The number of hydrogen-bond donors (Lipinski definition) is 0. The molecule has 2 amide bonds. The number of hydrogen-bond acceptors (Lipinski definition) is 5. The highest BCUT2D eigenvalue weighted by Gasteiger charge is 2.51. The minimum absolute atomic E-state index is 0.0297. The zero-order valence-corrected chi connectivity index (χ0v) is 15.3. The molecule has 3 aliphatic rings. The summed E-state index contributed by atoms with van der Waals surface area (Å²) >= 11 is 0. The molecule has 8 heteroatoms. The molecular formula is C16H26N2O5S. The van der Waals surface area contributed by atoms with Crippen LogP contribution in [0.4, 0.5) is 4.79 Å². The van der Waals surface area contributed by atoms with E-state index in [9.17, 15) is 18.0 Å². The van der Waals surface area contributed by atoms with Gasteiger partial charge in [0.2, 0.25) is 5.91 Å². The topological polar surface area (TPSA) is 84.0 Å². The van der Waals surface area contributed by atoms with Gasteiger partial charge in [-0.1, -0.05) is 6.42 Å². The number of carbonyl (C=O) groups excluding carboxylic acids is 2. The second kappa shape index (κ2) is 5.89. The van der Waals surface area contributed by atoms with Crippen molar-refractivity contribution in [1.82, 2.24) is 9.80 Å². The van der Waals surface area contributed by atoms with E-state index in [1.165, 1.54) is 4.90 Å². The van der Waals surface area contributed by atoms with Crippen molar-refractivity contribution in [3.63, 3.8) is 0 Å². The summed E-state index contributed by atoms with van der Waals surface area (Å²) in [5.41, 5.74) is -0.636. The van der Waals surface area contributed by atoms with Crippen molar-refractivity contribution >= 4 is 21.8 Å². The largest absolute Gasteiger partial charge is 0.444 e. The number of piperazine rings is 1. The van der Waals surface area contributed by atoms with Gasteiger partial charge in [0.15, 0.2) is 9.84 Å². The molecule has 2 saturated heterocycles. The maximum Gasteiger partial charge on any atom is 0.410 e. The molecule has 0 aromatic rings. The molecule has 0 aromatic heterocycles. The molecule has 0 unspecified atom stereocenters. The third-order valence-electron chi connectivity index (χ3n) is 5.04. The van der Waals surface area contributed by atoms with E-state index < -0.39 is 33.6 Å². The van der Waals surface area contributed by atoms with Gasteiger partial charge in [-0.05, 0) is 33.6 Å². The maximum atomic E-state index is 12.6. The summed E-state index contributed by atoms with van der Waals surface area (Å²) in [5, 5.41) is 0. The first-order chi connectivity index (χ1) is 11.1. The number of rotatable bonds is 1. The van der Waals surface area contributed by atoms with Crippen LogP contribution in [0.25, 0.3) is 0 Å². The van der Waals surface area contributed by atoms with E-state index in [1.807, 2.05) is 0 Å². The standard InChI is InChI=1S/C16H26N2O5S/c1-16(2,3)23-15(20)18-8-7-17(14(19)11-5-4-6-11)12-9-24(21,22)10-13(12)18/h11-13H,4-10H2,1-3H3/t12-,13-/m0/s1. The summed E-state index contributed by atoms with van der Waals surface area (Å²) in [4.78, 5) is 28.3. The van der Waals surface area contributed by atoms with E-state index in [4.69, 9.17) is 4.74 Å². The molecule has 2 atom stereocenters. The van der Waals surface area contributed by atoms with E-state index in [1.54, 1.807) is 25.7 Å². The van der Waals surface area contributed by atoms with Gasteiger partial charge < -0.3 is 14.5 Å². The molecule has 0 spiro atoms. The van der Waals surface area contributed by atoms with Crippen molar-refractivity contribution in [3.8, 4) is 0 Å². The summed E-state index contributed by atoms with van der Waals surface area (Å²) in [6.07, 6.45) is 2.33. The van der Waals surface area contributed by atoms with E-state index >= 15 is 0 Å². The second-order valence-corrected chi connectivity index (χ2v) is 10.2. The van der Waals surface area contributed by atoms with Gasteiger partial charge in [0.25, 0.3) is 0 Å². The van der Waals surface area contributed by atoms with Crippen LogP contribution in [0.15, 0.2) is 0 Å². The molecule has 0 N–H and O–H groups in total. The molecule has 7 nitrogen and oxygen atoms in total. The van der Waals surface area contributed by atoms with Crippen LogP contribution >= 0.6 is 0 Å². The highest BCUT2D eigenvalue weighted by Crippen LogP contribution is 2.33. The quantitative estimate of drug-likeness (QED) is 0.699. The second-order valence-electron chi connectivity index (χ2n) is 8.04. The Hall–Kier alpha value is -1.31. The molecule has 2 aliphatic heterocycles. The van der Waals surface area contributed by atoms with Gasteiger partial charge in [0.05, 0.1) is 23.6 Å². The average molecular weight is 358 g/mol. The van der Waals surface area contributed by atoms with Gasteiger partial charge in [-0.2, -0.15) is 0 Å². The summed E-state index contributed by atoms with van der Waals surface area (Å²) < 4.78 is 29.7. The Bertz CT molecular complexity index is 635. The molecule has 1 aliphatic carbocycles. The normalized spacial score (nSPS) is 29.8. The maximum absolute atomic E-state index is 12.6. The van der Waals surface area contributed by atoms with Crippen LogP contribution in [0, 0.1) is 5.92 Å². The highest BCUT2D eigenvalue weighted by molar-refractivity contribution is 7.91. The van der Waals surface area contributed by atoms with Gasteiger partial charge in [-0.25, -0.2) is 13.2 Å². The lowest BCUT2D eigenvalue weighted by molar-refractivity contribution is -0.144. The van der Waals surface area contributed by atoms with Crippen LogP contribution in [0.3, 0.4) is 0 Å². The number of ether oxygens (including phenoxy) is 1. The van der Waals surface area contributed by atoms with Crippen molar-refractivity contribution < 1.29 is 22.7 Å². The van der Waals surface area contributed by atoms with Crippen molar-refractivity contribution in [3.05, 3.63) is 0 Å². The third-order valence-corrected chi connectivity index (χ3v) is 6.74. The van der Waals surface area contributed by atoms with Crippen LogP contribution in [-0.2, 0) is 19.4 Å². The van der Waals surface area contributed by atoms with Crippen molar-refractivity contribution in [2.45, 2.75) is 57.7 Å². The lowest BCUT2D eigenvalue weighted by Gasteiger charge is -2.45. The molecule has 0 aromatic carbocycles. The first kappa shape index (κ1) is 17.5. The molecule has 24 heavy (non-hydrogen) atoms. The SMILES string of the molecule is CC(C)(C)OC(=O)N1CCN(C(=O)C2CCC2)[C@H]2CS(=O)(=O)C[C@@H]21. The van der Waals surface area contributed by atoms with Gasteiger partial charge in [0.1, 0.15) is 5.60 Å². The van der Waals surface area contributed by atoms with Gasteiger partial charge in [-0.15, -0.1) is 0 Å². The lowest BCUT2D eigenvalue weighted by atomic mass is 9.83. The lowest BCUT2D eigenvalue weighted by Crippen LogP contribution is -2.63. The van der Waals surface area contributed by atoms with Crippen LogP contribution in [-0.4, -0.2) is 72.5 Å². The van der Waals surface area contributed by atoms with E-state index in [2.05, 4.69) is 0 Å². The Kier molecular flexibility index (Phi) is 4.30.